The van der Waals surface area contributed by atoms with Crippen molar-refractivity contribution in [1.82, 2.24) is 0 Å². The number of ether oxygens (including phenoxy) is 2. The second kappa shape index (κ2) is 7.73. The highest BCUT2D eigenvalue weighted by atomic mass is 79.9. The lowest BCUT2D eigenvalue weighted by Gasteiger charge is -2.29. The zero-order valence-corrected chi connectivity index (χ0v) is 18.7. The molecular weight excluding hydrogens is 486 g/mol. The van der Waals surface area contributed by atoms with E-state index in [1.807, 2.05) is 32.1 Å². The molecule has 0 radical (unpaired) electrons. The van der Waals surface area contributed by atoms with Crippen molar-refractivity contribution in [2.45, 2.75) is 26.1 Å². The number of para-hydroxylation sites is 1. The Bertz CT molecular complexity index is 937. The maximum atomic E-state index is 13.1. The monoisotopic (exact) mass is 503 g/mol. The first-order valence-electron chi connectivity index (χ1n) is 8.73. The van der Waals surface area contributed by atoms with Gasteiger partial charge in [0.25, 0.3) is 0 Å². The van der Waals surface area contributed by atoms with Gasteiger partial charge in [-0.05, 0) is 57.3 Å². The summed E-state index contributed by atoms with van der Waals surface area (Å²) in [6.07, 6.45) is 2.55. The van der Waals surface area contributed by atoms with Crippen LogP contribution in [0, 0.1) is 22.2 Å². The number of hydrogen-bond acceptors (Lipinski definition) is 4. The maximum absolute atomic E-state index is 13.1. The van der Waals surface area contributed by atoms with Crippen molar-refractivity contribution < 1.29 is 14.3 Å². The quantitative estimate of drug-likeness (QED) is 0.355. The average Bonchev–Trinajstić information content (AvgIpc) is 3.23. The molecule has 0 N–H and O–H groups in total. The van der Waals surface area contributed by atoms with Gasteiger partial charge in [0.1, 0.15) is 5.75 Å². The third-order valence-electron chi connectivity index (χ3n) is 5.28. The summed E-state index contributed by atoms with van der Waals surface area (Å²) in [7, 11) is 0. The van der Waals surface area contributed by atoms with Gasteiger partial charge in [-0.25, -0.2) is 0 Å². The predicted octanol–water partition coefficient (Wildman–Crippen LogP) is 6.03. The smallest absolute Gasteiger partial charge is 0.372 e. The molecule has 3 rings (SSSR count). The first kappa shape index (κ1) is 20.6. The fraction of sp³-hybridized carbons (Fsp3) is 0.273. The second-order valence-electron chi connectivity index (χ2n) is 7.26. The van der Waals surface area contributed by atoms with Crippen LogP contribution in [0.15, 0.2) is 70.1 Å². The van der Waals surface area contributed by atoms with Crippen LogP contribution in [0.25, 0.3) is 0 Å². The van der Waals surface area contributed by atoms with Crippen molar-refractivity contribution in [2.24, 2.45) is 10.8 Å². The van der Waals surface area contributed by atoms with Gasteiger partial charge in [0.15, 0.2) is 6.07 Å². The number of benzene rings is 2. The fourth-order valence-corrected chi connectivity index (χ4v) is 4.26. The molecule has 0 aliphatic heterocycles. The molecule has 1 aliphatic carbocycles. The third kappa shape index (κ3) is 3.87. The molecule has 3 unspecified atom stereocenters. The summed E-state index contributed by atoms with van der Waals surface area (Å²) < 4.78 is 12.5. The first-order chi connectivity index (χ1) is 13.2. The Morgan fingerprint density at radius 2 is 1.68 bits per heavy atom. The van der Waals surface area contributed by atoms with Crippen LogP contribution in [0.2, 0.25) is 0 Å². The van der Waals surface area contributed by atoms with Gasteiger partial charge in [-0.1, -0.05) is 61.5 Å². The molecule has 0 bridgehead atoms. The summed E-state index contributed by atoms with van der Waals surface area (Å²) in [5, 5.41) is 10.0. The van der Waals surface area contributed by atoms with E-state index in [0.717, 1.165) is 3.39 Å². The van der Waals surface area contributed by atoms with Crippen LogP contribution >= 0.6 is 31.9 Å². The molecule has 1 aliphatic rings. The minimum Gasteiger partial charge on any atom is -0.437 e. The van der Waals surface area contributed by atoms with Crippen LogP contribution in [-0.4, -0.2) is 5.97 Å². The van der Waals surface area contributed by atoms with Gasteiger partial charge in [0, 0.05) is 5.41 Å². The molecule has 0 spiro atoms. The molecule has 0 amide bonds. The van der Waals surface area contributed by atoms with E-state index >= 15 is 0 Å². The van der Waals surface area contributed by atoms with Crippen molar-refractivity contribution in [2.75, 3.05) is 0 Å². The Hall–Kier alpha value is -2.10. The Morgan fingerprint density at radius 3 is 2.21 bits per heavy atom. The molecular formula is C22H19Br2NO3. The molecule has 6 heteroatoms. The van der Waals surface area contributed by atoms with E-state index in [2.05, 4.69) is 37.9 Å². The van der Waals surface area contributed by atoms with Crippen molar-refractivity contribution in [1.29, 1.82) is 5.26 Å². The van der Waals surface area contributed by atoms with E-state index in [1.54, 1.807) is 48.5 Å². The summed E-state index contributed by atoms with van der Waals surface area (Å²) in [5.74, 6) is -1.91. The zero-order chi connectivity index (χ0) is 20.4. The highest BCUT2D eigenvalue weighted by Gasteiger charge is 2.67. The van der Waals surface area contributed by atoms with E-state index < -0.39 is 17.2 Å². The van der Waals surface area contributed by atoms with Crippen LogP contribution in [0.4, 0.5) is 0 Å². The van der Waals surface area contributed by atoms with Crippen molar-refractivity contribution in [3.63, 3.8) is 0 Å². The van der Waals surface area contributed by atoms with Crippen LogP contribution in [0.1, 0.15) is 25.8 Å². The maximum Gasteiger partial charge on any atom is 0.372 e. The van der Waals surface area contributed by atoms with Gasteiger partial charge in [0.05, 0.1) is 14.4 Å². The lowest BCUT2D eigenvalue weighted by atomic mass is 9.96. The molecule has 4 nitrogen and oxygen atoms in total. The van der Waals surface area contributed by atoms with Crippen LogP contribution in [-0.2, 0) is 15.3 Å². The summed E-state index contributed by atoms with van der Waals surface area (Å²) in [6, 6.07) is 19.7. The summed E-state index contributed by atoms with van der Waals surface area (Å²) in [5.41, 5.74) is -0.675. The molecule has 0 saturated heterocycles. The van der Waals surface area contributed by atoms with E-state index in [-0.39, 0.29) is 5.41 Å². The number of esters is 1. The largest absolute Gasteiger partial charge is 0.437 e. The highest BCUT2D eigenvalue weighted by molar-refractivity contribution is 9.28. The summed E-state index contributed by atoms with van der Waals surface area (Å²) in [6.45, 7) is 3.82. The molecule has 1 fully saturated rings. The van der Waals surface area contributed by atoms with Crippen LogP contribution < -0.4 is 4.74 Å². The number of rotatable bonds is 6. The van der Waals surface area contributed by atoms with Crippen LogP contribution in [0.5, 0.6) is 5.75 Å². The topological polar surface area (TPSA) is 59.3 Å². The number of carbonyl (C=O) groups excluding carboxylic acids is 1. The lowest BCUT2D eigenvalue weighted by Crippen LogP contribution is -2.40. The van der Waals surface area contributed by atoms with E-state index in [1.165, 1.54) is 0 Å². The van der Waals surface area contributed by atoms with Crippen molar-refractivity contribution in [3.8, 4) is 11.8 Å². The molecule has 28 heavy (non-hydrogen) atoms. The molecule has 2 aromatic carbocycles. The molecule has 144 valence electrons. The first-order valence-corrected chi connectivity index (χ1v) is 10.3. The number of nitriles is 1. The average molecular weight is 505 g/mol. The zero-order valence-electron chi connectivity index (χ0n) is 15.5. The molecule has 1 saturated carbocycles. The second-order valence-corrected chi connectivity index (χ2v) is 10.0. The standard InChI is InChI=1S/C22H19Br2NO3/c1-20(13-18(23)24)14-21(20,2)19(26)28-22(15-25,16-9-5-3-6-10-16)27-17-11-7-4-8-12-17/h3-13H,14H2,1-2H3. The third-order valence-corrected chi connectivity index (χ3v) is 5.73. The minimum absolute atomic E-state index is 0.378. The number of hydrogen-bond donors (Lipinski definition) is 0. The number of halogens is 2. The number of nitrogens with zero attached hydrogens (tertiary/aromatic N) is 1. The van der Waals surface area contributed by atoms with Gasteiger partial charge in [-0.3, -0.25) is 4.79 Å². The van der Waals surface area contributed by atoms with Gasteiger partial charge in [-0.15, -0.1) is 0 Å². The highest BCUT2D eigenvalue weighted by Crippen LogP contribution is 2.66. The molecule has 0 aromatic heterocycles. The van der Waals surface area contributed by atoms with Gasteiger partial charge in [0.2, 0.25) is 0 Å². The minimum atomic E-state index is -1.87. The van der Waals surface area contributed by atoms with Crippen molar-refractivity contribution >= 4 is 37.8 Å². The Morgan fingerprint density at radius 1 is 1.11 bits per heavy atom. The Kier molecular flexibility index (Phi) is 5.69. The molecule has 2 aromatic rings. The van der Waals surface area contributed by atoms with Crippen molar-refractivity contribution in [3.05, 3.63) is 75.7 Å². The van der Waals surface area contributed by atoms with E-state index in [0.29, 0.717) is 17.7 Å². The van der Waals surface area contributed by atoms with E-state index in [4.69, 9.17) is 9.47 Å². The van der Waals surface area contributed by atoms with Gasteiger partial charge < -0.3 is 9.47 Å². The summed E-state index contributed by atoms with van der Waals surface area (Å²) in [4.78, 5) is 13.1. The Balaban J connectivity index is 1.96. The SMILES string of the molecule is CC1(C=C(Br)Br)CC1(C)C(=O)OC(C#N)(Oc1ccccc1)c1ccccc1. The number of allylic oxidation sites excluding steroid dienone is 1. The Labute approximate surface area is 181 Å². The summed E-state index contributed by atoms with van der Waals surface area (Å²) >= 11 is 6.71. The van der Waals surface area contributed by atoms with E-state index in [9.17, 15) is 10.1 Å². The fourth-order valence-electron chi connectivity index (χ4n) is 3.25. The lowest BCUT2D eigenvalue weighted by molar-refractivity contribution is -0.190. The van der Waals surface area contributed by atoms with Gasteiger partial charge >= 0.3 is 11.8 Å². The molecule has 3 atom stereocenters. The van der Waals surface area contributed by atoms with Crippen LogP contribution in [0.3, 0.4) is 0 Å². The van der Waals surface area contributed by atoms with Gasteiger partial charge in [-0.2, -0.15) is 5.26 Å². The normalized spacial score (nSPS) is 25.0. The predicted molar refractivity (Wildman–Crippen MR) is 114 cm³/mol. The number of carbonyl (C=O) groups is 1. The molecule has 0 heterocycles.